The van der Waals surface area contributed by atoms with Crippen LogP contribution >= 0.6 is 0 Å². The van der Waals surface area contributed by atoms with Gasteiger partial charge in [0.25, 0.3) is 0 Å². The molecule has 1 atom stereocenters. The van der Waals surface area contributed by atoms with E-state index in [0.29, 0.717) is 25.0 Å². The molecule has 1 rings (SSSR count). The van der Waals surface area contributed by atoms with Gasteiger partial charge in [-0.15, -0.1) is 0 Å². The van der Waals surface area contributed by atoms with Gasteiger partial charge in [0.15, 0.2) is 0 Å². The first-order chi connectivity index (χ1) is 9.13. The van der Waals surface area contributed by atoms with Crippen LogP contribution in [0.25, 0.3) is 0 Å². The Morgan fingerprint density at radius 2 is 2.00 bits per heavy atom. The van der Waals surface area contributed by atoms with E-state index in [0.717, 1.165) is 12.8 Å². The molecule has 5 heteroatoms. The quantitative estimate of drug-likeness (QED) is 0.442. The third-order valence-corrected chi connectivity index (χ3v) is 3.09. The van der Waals surface area contributed by atoms with Gasteiger partial charge in [0.05, 0.1) is 19.1 Å². The van der Waals surface area contributed by atoms with E-state index in [1.165, 1.54) is 0 Å². The van der Waals surface area contributed by atoms with Gasteiger partial charge >= 0.3 is 11.9 Å². The van der Waals surface area contributed by atoms with Crippen LogP contribution < -0.4 is 0 Å². The number of nitriles is 1. The van der Waals surface area contributed by atoms with E-state index in [-0.39, 0.29) is 24.1 Å². The predicted molar refractivity (Wildman–Crippen MR) is 67.9 cm³/mol. The molecule has 1 aliphatic rings. The fourth-order valence-electron chi connectivity index (χ4n) is 2.22. The lowest BCUT2D eigenvalue weighted by Gasteiger charge is -2.23. The molecule has 1 saturated carbocycles. The first-order valence-electron chi connectivity index (χ1n) is 6.59. The van der Waals surface area contributed by atoms with Crippen LogP contribution in [0.1, 0.15) is 39.5 Å². The Kier molecular flexibility index (Phi) is 6.07. The van der Waals surface area contributed by atoms with Crippen molar-refractivity contribution in [1.29, 1.82) is 5.26 Å². The molecule has 0 spiro atoms. The van der Waals surface area contributed by atoms with Gasteiger partial charge in [-0.2, -0.15) is 5.26 Å². The SMILES string of the molecule is CCOC(=O)/C(C#N)=C1/CCCC(C(=O)OCC)C1. The van der Waals surface area contributed by atoms with Crippen molar-refractivity contribution in [3.8, 4) is 6.07 Å². The lowest BCUT2D eigenvalue weighted by molar-refractivity contribution is -0.148. The largest absolute Gasteiger partial charge is 0.466 e. The number of carbonyl (C=O) groups excluding carboxylic acids is 2. The number of allylic oxidation sites excluding steroid dienone is 1. The normalized spacial score (nSPS) is 21.2. The van der Waals surface area contributed by atoms with Crippen molar-refractivity contribution in [3.63, 3.8) is 0 Å². The molecule has 0 aromatic carbocycles. The maximum absolute atomic E-state index is 11.7. The number of nitrogens with zero attached hydrogens (tertiary/aromatic N) is 1. The summed E-state index contributed by atoms with van der Waals surface area (Å²) in [6.07, 6.45) is 2.60. The molecule has 0 heterocycles. The Morgan fingerprint density at radius 3 is 2.58 bits per heavy atom. The van der Waals surface area contributed by atoms with E-state index < -0.39 is 5.97 Å². The summed E-state index contributed by atoms with van der Waals surface area (Å²) in [7, 11) is 0. The number of hydrogen-bond donors (Lipinski definition) is 0. The number of hydrogen-bond acceptors (Lipinski definition) is 5. The molecule has 0 aromatic rings. The zero-order chi connectivity index (χ0) is 14.3. The van der Waals surface area contributed by atoms with E-state index in [4.69, 9.17) is 14.7 Å². The molecular weight excluding hydrogens is 246 g/mol. The van der Waals surface area contributed by atoms with E-state index in [1.54, 1.807) is 13.8 Å². The summed E-state index contributed by atoms with van der Waals surface area (Å²) in [5, 5.41) is 9.08. The maximum atomic E-state index is 11.7. The topological polar surface area (TPSA) is 76.4 Å². The summed E-state index contributed by atoms with van der Waals surface area (Å²) in [5.74, 6) is -1.09. The molecule has 1 aliphatic carbocycles. The Hall–Kier alpha value is -1.83. The Labute approximate surface area is 113 Å². The molecule has 0 aliphatic heterocycles. The second-order valence-electron chi connectivity index (χ2n) is 4.36. The van der Waals surface area contributed by atoms with Gasteiger partial charge in [-0.3, -0.25) is 4.79 Å². The van der Waals surface area contributed by atoms with Gasteiger partial charge in [-0.05, 0) is 45.1 Å². The number of rotatable bonds is 4. The summed E-state index contributed by atoms with van der Waals surface area (Å²) >= 11 is 0. The molecule has 1 unspecified atom stereocenters. The average Bonchev–Trinajstić information content (AvgIpc) is 2.40. The highest BCUT2D eigenvalue weighted by atomic mass is 16.5. The highest BCUT2D eigenvalue weighted by molar-refractivity contribution is 5.93. The van der Waals surface area contributed by atoms with Crippen molar-refractivity contribution in [2.24, 2.45) is 5.92 Å². The fraction of sp³-hybridized carbons (Fsp3) is 0.643. The van der Waals surface area contributed by atoms with Crippen LogP contribution in [0.3, 0.4) is 0 Å². The second kappa shape index (κ2) is 7.57. The van der Waals surface area contributed by atoms with Crippen molar-refractivity contribution in [1.82, 2.24) is 0 Å². The lowest BCUT2D eigenvalue weighted by atomic mass is 9.83. The summed E-state index contributed by atoms with van der Waals surface area (Å²) in [5.41, 5.74) is 0.765. The minimum absolute atomic E-state index is 0.0517. The maximum Gasteiger partial charge on any atom is 0.348 e. The molecule has 0 N–H and O–H groups in total. The molecule has 1 fully saturated rings. The summed E-state index contributed by atoms with van der Waals surface area (Å²) in [6.45, 7) is 4.03. The molecule has 5 nitrogen and oxygen atoms in total. The Balaban J connectivity index is 2.84. The van der Waals surface area contributed by atoms with Crippen molar-refractivity contribution in [2.75, 3.05) is 13.2 Å². The van der Waals surface area contributed by atoms with Gasteiger partial charge in [0.2, 0.25) is 0 Å². The van der Waals surface area contributed by atoms with Gasteiger partial charge in [0.1, 0.15) is 11.6 Å². The minimum Gasteiger partial charge on any atom is -0.466 e. The summed E-state index contributed by atoms with van der Waals surface area (Å²) < 4.78 is 9.85. The summed E-state index contributed by atoms with van der Waals surface area (Å²) in [6, 6.07) is 1.90. The third-order valence-electron chi connectivity index (χ3n) is 3.09. The van der Waals surface area contributed by atoms with Crippen LogP contribution in [0.4, 0.5) is 0 Å². The fourth-order valence-corrected chi connectivity index (χ4v) is 2.22. The van der Waals surface area contributed by atoms with Gasteiger partial charge in [0, 0.05) is 0 Å². The molecule has 0 amide bonds. The lowest BCUT2D eigenvalue weighted by Crippen LogP contribution is -2.23. The van der Waals surface area contributed by atoms with Crippen LogP contribution in [0.15, 0.2) is 11.1 Å². The van der Waals surface area contributed by atoms with Crippen LogP contribution in [0, 0.1) is 17.2 Å². The molecule has 19 heavy (non-hydrogen) atoms. The molecular formula is C14H19NO4. The van der Waals surface area contributed by atoms with Crippen LogP contribution in [0.2, 0.25) is 0 Å². The average molecular weight is 265 g/mol. The minimum atomic E-state index is -0.593. The zero-order valence-electron chi connectivity index (χ0n) is 11.4. The molecule has 0 bridgehead atoms. The van der Waals surface area contributed by atoms with Gasteiger partial charge < -0.3 is 9.47 Å². The van der Waals surface area contributed by atoms with Crippen molar-refractivity contribution >= 4 is 11.9 Å². The third kappa shape index (κ3) is 4.09. The van der Waals surface area contributed by atoms with Crippen LogP contribution in [-0.2, 0) is 19.1 Å². The van der Waals surface area contributed by atoms with Crippen molar-refractivity contribution in [3.05, 3.63) is 11.1 Å². The Bertz CT molecular complexity index is 420. The van der Waals surface area contributed by atoms with E-state index >= 15 is 0 Å². The van der Waals surface area contributed by atoms with Gasteiger partial charge in [-0.1, -0.05) is 0 Å². The highest BCUT2D eigenvalue weighted by Gasteiger charge is 2.28. The second-order valence-corrected chi connectivity index (χ2v) is 4.36. The number of ether oxygens (including phenoxy) is 2. The van der Waals surface area contributed by atoms with E-state index in [9.17, 15) is 9.59 Å². The predicted octanol–water partition coefficient (Wildman–Crippen LogP) is 2.12. The first kappa shape index (κ1) is 15.2. The zero-order valence-corrected chi connectivity index (χ0v) is 11.4. The van der Waals surface area contributed by atoms with Crippen molar-refractivity contribution < 1.29 is 19.1 Å². The monoisotopic (exact) mass is 265 g/mol. The smallest absolute Gasteiger partial charge is 0.348 e. The van der Waals surface area contributed by atoms with E-state index in [2.05, 4.69) is 0 Å². The molecule has 0 radical (unpaired) electrons. The van der Waals surface area contributed by atoms with Crippen molar-refractivity contribution in [2.45, 2.75) is 39.5 Å². The van der Waals surface area contributed by atoms with Crippen LogP contribution in [-0.4, -0.2) is 25.2 Å². The summed E-state index contributed by atoms with van der Waals surface area (Å²) in [4.78, 5) is 23.4. The van der Waals surface area contributed by atoms with E-state index in [1.807, 2.05) is 6.07 Å². The van der Waals surface area contributed by atoms with Gasteiger partial charge in [-0.25, -0.2) is 4.79 Å². The number of carbonyl (C=O) groups is 2. The molecule has 104 valence electrons. The highest BCUT2D eigenvalue weighted by Crippen LogP contribution is 2.31. The number of esters is 2. The standard InChI is InChI=1S/C14H19NO4/c1-3-18-13(16)11-7-5-6-10(8-11)12(9-15)14(17)19-4-2/h11H,3-8H2,1-2H3/b12-10-. The Morgan fingerprint density at radius 1 is 1.32 bits per heavy atom. The van der Waals surface area contributed by atoms with Crippen LogP contribution in [0.5, 0.6) is 0 Å². The molecule has 0 saturated heterocycles. The molecule has 0 aromatic heterocycles. The first-order valence-corrected chi connectivity index (χ1v) is 6.59.